The predicted octanol–water partition coefficient (Wildman–Crippen LogP) is 0.779. The maximum atomic E-state index is 5.62. The van der Waals surface area contributed by atoms with Crippen LogP contribution in [0.1, 0.15) is 11.6 Å². The van der Waals surface area contributed by atoms with E-state index in [0.29, 0.717) is 26.4 Å². The molecule has 0 aliphatic carbocycles. The first-order valence-electron chi connectivity index (χ1n) is 7.45. The monoisotopic (exact) mass is 302 g/mol. The van der Waals surface area contributed by atoms with Gasteiger partial charge in [0.05, 0.1) is 31.5 Å². The third kappa shape index (κ3) is 2.65. The summed E-state index contributed by atoms with van der Waals surface area (Å²) < 4.78 is 18.6. The minimum atomic E-state index is 0.180. The van der Waals surface area contributed by atoms with Crippen LogP contribution in [0.3, 0.4) is 0 Å². The van der Waals surface area contributed by atoms with Crippen molar-refractivity contribution in [1.82, 2.24) is 20.3 Å². The number of hydrogen-bond donors (Lipinski definition) is 1. The van der Waals surface area contributed by atoms with E-state index < -0.39 is 0 Å². The Kier molecular flexibility index (Phi) is 3.65. The SMILES string of the molecule is c1cn([C@@H]2COC[C@@H]2NCc2ccc3c(c2)OCCO3)nn1. The molecule has 2 aromatic rings. The van der Waals surface area contributed by atoms with Crippen LogP contribution in [0.25, 0.3) is 0 Å². The molecule has 116 valence electrons. The summed E-state index contributed by atoms with van der Waals surface area (Å²) >= 11 is 0. The van der Waals surface area contributed by atoms with Gasteiger partial charge in [-0.3, -0.25) is 0 Å². The van der Waals surface area contributed by atoms with E-state index in [9.17, 15) is 0 Å². The standard InChI is InChI=1S/C15H18N4O3/c1-2-14-15(22-6-5-21-14)7-11(1)8-16-12-9-20-10-13(12)19-4-3-17-18-19/h1-4,7,12-13,16H,5-6,8-10H2/t12-,13+/m0/s1. The number of hydrogen-bond acceptors (Lipinski definition) is 6. The van der Waals surface area contributed by atoms with Crippen molar-refractivity contribution in [1.29, 1.82) is 0 Å². The van der Waals surface area contributed by atoms with E-state index in [2.05, 4.69) is 21.7 Å². The lowest BCUT2D eigenvalue weighted by Crippen LogP contribution is -2.36. The lowest BCUT2D eigenvalue weighted by Gasteiger charge is -2.21. The molecule has 0 bridgehead atoms. The Morgan fingerprint density at radius 2 is 2.09 bits per heavy atom. The van der Waals surface area contributed by atoms with Crippen LogP contribution >= 0.6 is 0 Å². The van der Waals surface area contributed by atoms with Crippen LogP contribution in [0.5, 0.6) is 11.5 Å². The number of nitrogens with one attached hydrogen (secondary N) is 1. The zero-order chi connectivity index (χ0) is 14.8. The van der Waals surface area contributed by atoms with Gasteiger partial charge in [-0.25, -0.2) is 4.68 Å². The summed E-state index contributed by atoms with van der Waals surface area (Å²) in [6.45, 7) is 3.30. The highest BCUT2D eigenvalue weighted by molar-refractivity contribution is 5.43. The van der Waals surface area contributed by atoms with Crippen molar-refractivity contribution in [3.63, 3.8) is 0 Å². The molecule has 0 spiro atoms. The number of benzene rings is 1. The first-order chi connectivity index (χ1) is 10.9. The number of ether oxygens (including phenoxy) is 3. The Balaban J connectivity index is 1.42. The Labute approximate surface area is 128 Å². The Morgan fingerprint density at radius 3 is 2.95 bits per heavy atom. The van der Waals surface area contributed by atoms with Gasteiger partial charge in [0.2, 0.25) is 0 Å². The fourth-order valence-electron chi connectivity index (χ4n) is 2.84. The molecule has 0 amide bonds. The molecule has 2 aliphatic heterocycles. The molecular formula is C15H18N4O3. The summed E-state index contributed by atoms with van der Waals surface area (Å²) in [6, 6.07) is 6.45. The summed E-state index contributed by atoms with van der Waals surface area (Å²) in [5, 5.41) is 11.5. The topological polar surface area (TPSA) is 70.4 Å². The van der Waals surface area contributed by atoms with Gasteiger partial charge in [0.1, 0.15) is 13.2 Å². The largest absolute Gasteiger partial charge is 0.486 e. The number of fused-ring (bicyclic) bond motifs is 1. The number of rotatable bonds is 4. The van der Waals surface area contributed by atoms with Crippen LogP contribution in [0.2, 0.25) is 0 Å². The van der Waals surface area contributed by atoms with Gasteiger partial charge in [-0.1, -0.05) is 11.3 Å². The molecule has 7 nitrogen and oxygen atoms in total. The molecule has 22 heavy (non-hydrogen) atoms. The van der Waals surface area contributed by atoms with Gasteiger partial charge >= 0.3 is 0 Å². The second-order valence-corrected chi connectivity index (χ2v) is 5.45. The third-order valence-electron chi connectivity index (χ3n) is 4.01. The molecule has 1 fully saturated rings. The molecule has 7 heteroatoms. The van der Waals surface area contributed by atoms with Crippen molar-refractivity contribution in [3.05, 3.63) is 36.2 Å². The van der Waals surface area contributed by atoms with Gasteiger partial charge in [-0.2, -0.15) is 0 Å². The second-order valence-electron chi connectivity index (χ2n) is 5.45. The fraction of sp³-hybridized carbons (Fsp3) is 0.467. The molecule has 2 atom stereocenters. The first-order valence-corrected chi connectivity index (χ1v) is 7.45. The van der Waals surface area contributed by atoms with Crippen molar-refractivity contribution < 1.29 is 14.2 Å². The molecule has 0 unspecified atom stereocenters. The van der Waals surface area contributed by atoms with Gasteiger partial charge in [0.15, 0.2) is 11.5 Å². The fourth-order valence-corrected chi connectivity index (χ4v) is 2.84. The maximum Gasteiger partial charge on any atom is 0.161 e. The van der Waals surface area contributed by atoms with Crippen LogP contribution in [0.4, 0.5) is 0 Å². The highest BCUT2D eigenvalue weighted by Gasteiger charge is 2.30. The van der Waals surface area contributed by atoms with E-state index in [0.717, 1.165) is 23.6 Å². The van der Waals surface area contributed by atoms with Crippen molar-refractivity contribution >= 4 is 0 Å². The quantitative estimate of drug-likeness (QED) is 0.900. The summed E-state index contributed by atoms with van der Waals surface area (Å²) in [5.74, 6) is 1.64. The highest BCUT2D eigenvalue weighted by atomic mass is 16.6. The lowest BCUT2D eigenvalue weighted by molar-refractivity contribution is 0.171. The van der Waals surface area contributed by atoms with Crippen LogP contribution in [-0.4, -0.2) is 47.5 Å². The van der Waals surface area contributed by atoms with Crippen molar-refractivity contribution in [2.75, 3.05) is 26.4 Å². The van der Waals surface area contributed by atoms with Crippen molar-refractivity contribution in [3.8, 4) is 11.5 Å². The van der Waals surface area contributed by atoms with Crippen LogP contribution in [0.15, 0.2) is 30.6 Å². The summed E-state index contributed by atoms with van der Waals surface area (Å²) in [4.78, 5) is 0. The second kappa shape index (κ2) is 5.94. The smallest absolute Gasteiger partial charge is 0.161 e. The Bertz CT molecular complexity index is 632. The lowest BCUT2D eigenvalue weighted by atomic mass is 10.1. The van der Waals surface area contributed by atoms with Gasteiger partial charge in [-0.05, 0) is 17.7 Å². The predicted molar refractivity (Wildman–Crippen MR) is 77.9 cm³/mol. The molecule has 2 aliphatic rings. The zero-order valence-corrected chi connectivity index (χ0v) is 12.1. The number of nitrogens with zero attached hydrogens (tertiary/aromatic N) is 3. The maximum absolute atomic E-state index is 5.62. The van der Waals surface area contributed by atoms with E-state index in [1.54, 1.807) is 6.20 Å². The van der Waals surface area contributed by atoms with E-state index >= 15 is 0 Å². The molecule has 0 saturated carbocycles. The molecule has 4 rings (SSSR count). The molecule has 0 radical (unpaired) electrons. The van der Waals surface area contributed by atoms with Crippen molar-refractivity contribution in [2.45, 2.75) is 18.6 Å². The van der Waals surface area contributed by atoms with Gasteiger partial charge < -0.3 is 19.5 Å². The summed E-state index contributed by atoms with van der Waals surface area (Å²) in [6.07, 6.45) is 3.56. The highest BCUT2D eigenvalue weighted by Crippen LogP contribution is 2.30. The molecule has 1 saturated heterocycles. The number of aromatic nitrogens is 3. The Hall–Kier alpha value is -2.12. The minimum Gasteiger partial charge on any atom is -0.486 e. The average Bonchev–Trinajstić information content (AvgIpc) is 3.23. The average molecular weight is 302 g/mol. The van der Waals surface area contributed by atoms with Crippen LogP contribution in [0, 0.1) is 0 Å². The molecule has 3 heterocycles. The van der Waals surface area contributed by atoms with E-state index in [1.807, 2.05) is 23.0 Å². The third-order valence-corrected chi connectivity index (χ3v) is 4.01. The first kappa shape index (κ1) is 13.5. The molecule has 1 N–H and O–H groups in total. The van der Waals surface area contributed by atoms with Crippen LogP contribution in [-0.2, 0) is 11.3 Å². The van der Waals surface area contributed by atoms with E-state index in [-0.39, 0.29) is 12.1 Å². The van der Waals surface area contributed by atoms with E-state index in [1.165, 1.54) is 0 Å². The van der Waals surface area contributed by atoms with Crippen molar-refractivity contribution in [2.24, 2.45) is 0 Å². The molecule has 1 aromatic carbocycles. The van der Waals surface area contributed by atoms with Crippen LogP contribution < -0.4 is 14.8 Å². The summed E-state index contributed by atoms with van der Waals surface area (Å²) in [7, 11) is 0. The normalized spacial score (nSPS) is 23.6. The zero-order valence-electron chi connectivity index (χ0n) is 12.1. The molecular weight excluding hydrogens is 284 g/mol. The summed E-state index contributed by atoms with van der Waals surface area (Å²) in [5.41, 5.74) is 1.16. The van der Waals surface area contributed by atoms with E-state index in [4.69, 9.17) is 14.2 Å². The van der Waals surface area contributed by atoms with Gasteiger partial charge in [0, 0.05) is 12.7 Å². The minimum absolute atomic E-state index is 0.180. The molecule has 1 aromatic heterocycles. The Morgan fingerprint density at radius 1 is 1.18 bits per heavy atom. The van der Waals surface area contributed by atoms with Gasteiger partial charge in [-0.15, -0.1) is 5.10 Å². The van der Waals surface area contributed by atoms with Gasteiger partial charge in [0.25, 0.3) is 0 Å².